The first kappa shape index (κ1) is 7.85. The molecule has 0 saturated carbocycles. The number of hydrazone groups is 1. The van der Waals surface area contributed by atoms with E-state index in [0.717, 1.165) is 18.7 Å². The third-order valence-electron chi connectivity index (χ3n) is 3.06. The average Bonchev–Trinajstić information content (AvgIpc) is 2.24. The molecule has 3 rings (SSSR count). The van der Waals surface area contributed by atoms with Gasteiger partial charge in [-0.3, -0.25) is 5.43 Å². The van der Waals surface area contributed by atoms with E-state index in [0.29, 0.717) is 5.92 Å². The molecular weight excluding hydrogens is 174 g/mol. The lowest BCUT2D eigenvalue weighted by molar-refractivity contribution is 0.760. The molecule has 72 valence electrons. The van der Waals surface area contributed by atoms with Crippen LogP contribution < -0.4 is 10.7 Å². The Balaban J connectivity index is 2.21. The predicted octanol–water partition coefficient (Wildman–Crippen LogP) is 2.39. The lowest BCUT2D eigenvalue weighted by atomic mass is 9.85. The van der Waals surface area contributed by atoms with E-state index in [9.17, 15) is 0 Å². The van der Waals surface area contributed by atoms with Gasteiger partial charge in [0.05, 0.1) is 5.69 Å². The summed E-state index contributed by atoms with van der Waals surface area (Å²) in [6.07, 6.45) is 1.15. The van der Waals surface area contributed by atoms with Crippen LogP contribution in [-0.2, 0) is 0 Å². The van der Waals surface area contributed by atoms with Crippen LogP contribution in [0.5, 0.6) is 0 Å². The topological polar surface area (TPSA) is 36.4 Å². The Bertz CT molecular complexity index is 409. The first-order valence-electron chi connectivity index (χ1n) is 5.03. The minimum atomic E-state index is 0.517. The number of hydrogen-bond acceptors (Lipinski definition) is 3. The minimum absolute atomic E-state index is 0.517. The van der Waals surface area contributed by atoms with Crippen molar-refractivity contribution in [3.63, 3.8) is 0 Å². The van der Waals surface area contributed by atoms with E-state index < -0.39 is 0 Å². The Morgan fingerprint density at radius 2 is 2.21 bits per heavy atom. The predicted molar refractivity (Wildman–Crippen MR) is 59.0 cm³/mol. The summed E-state index contributed by atoms with van der Waals surface area (Å²) in [5.74, 6) is 0.517. The fourth-order valence-electron chi connectivity index (χ4n) is 2.33. The maximum Gasteiger partial charge on any atom is 0.0621 e. The maximum atomic E-state index is 4.34. The van der Waals surface area contributed by atoms with Crippen molar-refractivity contribution in [1.82, 2.24) is 0 Å². The third-order valence-corrected chi connectivity index (χ3v) is 3.06. The summed E-state index contributed by atoms with van der Waals surface area (Å²) in [6.45, 7) is 3.15. The van der Waals surface area contributed by atoms with Crippen molar-refractivity contribution in [2.45, 2.75) is 19.3 Å². The molecule has 1 aromatic rings. The number of rotatable bonds is 0. The van der Waals surface area contributed by atoms with Gasteiger partial charge >= 0.3 is 0 Å². The van der Waals surface area contributed by atoms with Crippen LogP contribution in [0.1, 0.15) is 24.8 Å². The Kier molecular flexibility index (Phi) is 1.54. The summed E-state index contributed by atoms with van der Waals surface area (Å²) in [6, 6.07) is 6.30. The molecule has 3 nitrogen and oxygen atoms in total. The molecule has 14 heavy (non-hydrogen) atoms. The largest absolute Gasteiger partial charge is 0.385 e. The van der Waals surface area contributed by atoms with Gasteiger partial charge in [-0.1, -0.05) is 6.07 Å². The van der Waals surface area contributed by atoms with Crippen LogP contribution in [0.3, 0.4) is 0 Å². The zero-order chi connectivity index (χ0) is 9.54. The quantitative estimate of drug-likeness (QED) is 0.654. The van der Waals surface area contributed by atoms with Crippen molar-refractivity contribution in [1.29, 1.82) is 0 Å². The molecule has 0 aromatic heterocycles. The fourth-order valence-corrected chi connectivity index (χ4v) is 2.33. The molecule has 1 unspecified atom stereocenters. The van der Waals surface area contributed by atoms with Gasteiger partial charge in [0.2, 0.25) is 0 Å². The van der Waals surface area contributed by atoms with Gasteiger partial charge in [-0.15, -0.1) is 0 Å². The standard InChI is InChI=1S/C11H13N3/c1-7-8-5-6-12-9-3-2-4-10(11(8)9)14-13-7/h2-4,8,12,14H,5-6H2,1H3. The lowest BCUT2D eigenvalue weighted by Crippen LogP contribution is -2.26. The minimum Gasteiger partial charge on any atom is -0.385 e. The zero-order valence-corrected chi connectivity index (χ0v) is 8.17. The van der Waals surface area contributed by atoms with Crippen LogP contribution in [-0.4, -0.2) is 12.3 Å². The van der Waals surface area contributed by atoms with E-state index >= 15 is 0 Å². The van der Waals surface area contributed by atoms with Gasteiger partial charge in [0.15, 0.2) is 0 Å². The van der Waals surface area contributed by atoms with Crippen LogP contribution >= 0.6 is 0 Å². The van der Waals surface area contributed by atoms with Gasteiger partial charge in [0.25, 0.3) is 0 Å². The molecule has 0 radical (unpaired) electrons. The highest BCUT2D eigenvalue weighted by atomic mass is 15.3. The second kappa shape index (κ2) is 2.74. The van der Waals surface area contributed by atoms with Crippen LogP contribution in [0.15, 0.2) is 23.3 Å². The Morgan fingerprint density at radius 3 is 3.14 bits per heavy atom. The number of nitrogens with one attached hydrogen (secondary N) is 2. The van der Waals surface area contributed by atoms with Crippen LogP contribution in [0.4, 0.5) is 11.4 Å². The second-order valence-corrected chi connectivity index (χ2v) is 3.90. The highest BCUT2D eigenvalue weighted by molar-refractivity contribution is 5.95. The van der Waals surface area contributed by atoms with E-state index in [-0.39, 0.29) is 0 Å². The molecule has 0 spiro atoms. The highest BCUT2D eigenvalue weighted by Gasteiger charge is 2.27. The highest BCUT2D eigenvalue weighted by Crippen LogP contribution is 2.40. The number of anilines is 2. The molecule has 2 aliphatic heterocycles. The van der Waals surface area contributed by atoms with Gasteiger partial charge in [-0.2, -0.15) is 5.10 Å². The van der Waals surface area contributed by atoms with Gasteiger partial charge < -0.3 is 5.32 Å². The molecule has 0 fully saturated rings. The first-order valence-corrected chi connectivity index (χ1v) is 5.03. The summed E-state index contributed by atoms with van der Waals surface area (Å²) in [5.41, 5.74) is 8.12. The van der Waals surface area contributed by atoms with Gasteiger partial charge in [-0.25, -0.2) is 0 Å². The summed E-state index contributed by atoms with van der Waals surface area (Å²) in [4.78, 5) is 0. The molecule has 1 aromatic carbocycles. The molecule has 2 heterocycles. The Labute approximate surface area is 83.2 Å². The van der Waals surface area contributed by atoms with E-state index in [4.69, 9.17) is 0 Å². The van der Waals surface area contributed by atoms with Crippen LogP contribution in [0.2, 0.25) is 0 Å². The average molecular weight is 187 g/mol. The van der Waals surface area contributed by atoms with Crippen molar-refractivity contribution >= 4 is 17.1 Å². The van der Waals surface area contributed by atoms with Crippen molar-refractivity contribution in [3.05, 3.63) is 23.8 Å². The molecular formula is C11H13N3. The van der Waals surface area contributed by atoms with Crippen molar-refractivity contribution < 1.29 is 0 Å². The molecule has 0 amide bonds. The Morgan fingerprint density at radius 1 is 1.36 bits per heavy atom. The van der Waals surface area contributed by atoms with Crippen molar-refractivity contribution in [3.8, 4) is 0 Å². The SMILES string of the molecule is CC1=NNc2cccc3c2C1CCN3. The smallest absolute Gasteiger partial charge is 0.0621 e. The summed E-state index contributed by atoms with van der Waals surface area (Å²) in [5, 5.41) is 7.76. The summed E-state index contributed by atoms with van der Waals surface area (Å²) >= 11 is 0. The van der Waals surface area contributed by atoms with Gasteiger partial charge in [0, 0.05) is 29.4 Å². The summed E-state index contributed by atoms with van der Waals surface area (Å²) < 4.78 is 0. The van der Waals surface area contributed by atoms with Crippen molar-refractivity contribution in [2.75, 3.05) is 17.3 Å². The molecule has 3 heteroatoms. The van der Waals surface area contributed by atoms with E-state index in [2.05, 4.69) is 41.0 Å². The lowest BCUT2D eigenvalue weighted by Gasteiger charge is -2.31. The van der Waals surface area contributed by atoms with Gasteiger partial charge in [0.1, 0.15) is 0 Å². The molecule has 1 atom stereocenters. The number of hydrogen-bond donors (Lipinski definition) is 2. The third kappa shape index (κ3) is 0.953. The molecule has 0 bridgehead atoms. The van der Waals surface area contributed by atoms with Crippen molar-refractivity contribution in [2.24, 2.45) is 5.10 Å². The second-order valence-electron chi connectivity index (χ2n) is 3.90. The van der Waals surface area contributed by atoms with E-state index in [1.807, 2.05) is 0 Å². The van der Waals surface area contributed by atoms with E-state index in [1.54, 1.807) is 0 Å². The molecule has 2 aliphatic rings. The molecule has 2 N–H and O–H groups in total. The molecule has 0 aliphatic carbocycles. The molecule has 0 saturated heterocycles. The zero-order valence-electron chi connectivity index (χ0n) is 8.17. The number of nitrogens with zero attached hydrogens (tertiary/aromatic N) is 1. The number of benzene rings is 1. The van der Waals surface area contributed by atoms with E-state index in [1.165, 1.54) is 17.0 Å². The van der Waals surface area contributed by atoms with Crippen LogP contribution in [0, 0.1) is 0 Å². The normalized spacial score (nSPS) is 22.9. The Hall–Kier alpha value is -1.51. The fraction of sp³-hybridized carbons (Fsp3) is 0.364. The van der Waals surface area contributed by atoms with Crippen LogP contribution in [0.25, 0.3) is 0 Å². The van der Waals surface area contributed by atoms with Gasteiger partial charge in [-0.05, 0) is 25.5 Å². The first-order chi connectivity index (χ1) is 6.86. The monoisotopic (exact) mass is 187 g/mol. The maximum absolute atomic E-state index is 4.34. The summed E-state index contributed by atoms with van der Waals surface area (Å²) in [7, 11) is 0.